The summed E-state index contributed by atoms with van der Waals surface area (Å²) >= 11 is 0. The molecule has 0 aromatic heterocycles. The van der Waals surface area contributed by atoms with E-state index in [1.165, 1.54) is 186 Å². The third kappa shape index (κ3) is 45.7. The van der Waals surface area contributed by atoms with Gasteiger partial charge in [0.25, 0.3) is 0 Å². The quantitative estimate of drug-likeness (QED) is 0.0322. The molecule has 1 amide bonds. The lowest BCUT2D eigenvalue weighted by Gasteiger charge is -2.22. The van der Waals surface area contributed by atoms with E-state index in [1.807, 2.05) is 0 Å². The summed E-state index contributed by atoms with van der Waals surface area (Å²) in [6.45, 7) is 4.90. The van der Waals surface area contributed by atoms with E-state index in [4.69, 9.17) is 4.74 Å². The second-order valence-electron chi connectivity index (χ2n) is 17.9. The molecule has 0 aliphatic heterocycles. The van der Waals surface area contributed by atoms with E-state index in [9.17, 15) is 19.8 Å². The zero-order chi connectivity index (χ0) is 43.0. The van der Waals surface area contributed by atoms with Gasteiger partial charge in [-0.2, -0.15) is 0 Å². The zero-order valence-corrected chi connectivity index (χ0v) is 39.5. The minimum Gasteiger partial charge on any atom is -0.466 e. The largest absolute Gasteiger partial charge is 0.466 e. The molecule has 0 saturated carbocycles. The lowest BCUT2D eigenvalue weighted by molar-refractivity contribution is -0.143. The Morgan fingerprint density at radius 2 is 0.847 bits per heavy atom. The van der Waals surface area contributed by atoms with Crippen molar-refractivity contribution in [2.24, 2.45) is 0 Å². The second kappa shape index (κ2) is 49.0. The SMILES string of the molecule is CCCCCC/C=C\C/C=C\CCCCCCCCCC(=O)OCCCCCCCCCCCCCCCC(=O)NC(CO)C(O)CCCCCCCCCCCCC. The molecule has 0 spiro atoms. The molecular weight excluding hydrogens is 731 g/mol. The Bertz CT molecular complexity index is 920. The summed E-state index contributed by atoms with van der Waals surface area (Å²) in [6.07, 6.45) is 57.2. The third-order valence-electron chi connectivity index (χ3n) is 12.0. The van der Waals surface area contributed by atoms with Crippen molar-refractivity contribution in [2.45, 2.75) is 289 Å². The summed E-state index contributed by atoms with van der Waals surface area (Å²) in [5, 5.41) is 23.1. The second-order valence-corrected chi connectivity index (χ2v) is 17.9. The van der Waals surface area contributed by atoms with E-state index in [0.717, 1.165) is 57.8 Å². The number of nitrogens with one attached hydrogen (secondary N) is 1. The molecule has 0 radical (unpaired) electrons. The number of allylic oxidation sites excluding steroid dienone is 4. The van der Waals surface area contributed by atoms with Crippen LogP contribution in [0.3, 0.4) is 0 Å². The molecule has 348 valence electrons. The van der Waals surface area contributed by atoms with Gasteiger partial charge in [-0.3, -0.25) is 9.59 Å². The summed E-state index contributed by atoms with van der Waals surface area (Å²) in [5.41, 5.74) is 0. The van der Waals surface area contributed by atoms with Gasteiger partial charge in [-0.15, -0.1) is 0 Å². The van der Waals surface area contributed by atoms with Crippen LogP contribution in [-0.4, -0.2) is 47.4 Å². The van der Waals surface area contributed by atoms with Crippen molar-refractivity contribution in [2.75, 3.05) is 13.2 Å². The Hall–Kier alpha value is -1.66. The van der Waals surface area contributed by atoms with Gasteiger partial charge in [0.1, 0.15) is 0 Å². The first-order valence-corrected chi connectivity index (χ1v) is 26.1. The first-order chi connectivity index (χ1) is 29.0. The molecule has 2 atom stereocenters. The fraction of sp³-hybridized carbons (Fsp3) is 0.887. The monoisotopic (exact) mass is 832 g/mol. The number of ether oxygens (including phenoxy) is 1. The summed E-state index contributed by atoms with van der Waals surface area (Å²) in [6, 6.07) is -0.550. The number of amides is 1. The van der Waals surface area contributed by atoms with Crippen LogP contribution in [0.25, 0.3) is 0 Å². The molecule has 6 nitrogen and oxygen atoms in total. The Kier molecular flexibility index (Phi) is 47.6. The summed E-state index contributed by atoms with van der Waals surface area (Å²) in [5.74, 6) is -0.0624. The number of aliphatic hydroxyl groups is 2. The van der Waals surface area contributed by atoms with Gasteiger partial charge in [0, 0.05) is 12.8 Å². The molecule has 6 heteroatoms. The molecule has 0 aliphatic rings. The Morgan fingerprint density at radius 1 is 0.475 bits per heavy atom. The molecule has 0 fully saturated rings. The maximum Gasteiger partial charge on any atom is 0.305 e. The van der Waals surface area contributed by atoms with Gasteiger partial charge in [0.05, 0.1) is 25.4 Å². The highest BCUT2D eigenvalue weighted by Crippen LogP contribution is 2.16. The first kappa shape index (κ1) is 57.3. The van der Waals surface area contributed by atoms with Crippen LogP contribution >= 0.6 is 0 Å². The van der Waals surface area contributed by atoms with E-state index in [2.05, 4.69) is 43.5 Å². The van der Waals surface area contributed by atoms with Crippen molar-refractivity contribution < 1.29 is 24.5 Å². The van der Waals surface area contributed by atoms with Gasteiger partial charge < -0.3 is 20.3 Å². The normalized spacial score (nSPS) is 12.8. The van der Waals surface area contributed by atoms with Crippen molar-refractivity contribution in [1.82, 2.24) is 5.32 Å². The van der Waals surface area contributed by atoms with Crippen LogP contribution in [0, 0.1) is 0 Å². The molecule has 0 saturated heterocycles. The number of esters is 1. The molecule has 0 rings (SSSR count). The lowest BCUT2D eigenvalue weighted by Crippen LogP contribution is -2.45. The van der Waals surface area contributed by atoms with Gasteiger partial charge in [-0.25, -0.2) is 0 Å². The number of carbonyl (C=O) groups is 2. The number of hydrogen-bond donors (Lipinski definition) is 3. The predicted octanol–water partition coefficient (Wildman–Crippen LogP) is 15.5. The van der Waals surface area contributed by atoms with Crippen LogP contribution in [0.1, 0.15) is 277 Å². The highest BCUT2D eigenvalue weighted by Gasteiger charge is 2.20. The molecule has 0 aromatic rings. The van der Waals surface area contributed by atoms with Crippen LogP contribution in [0.5, 0.6) is 0 Å². The van der Waals surface area contributed by atoms with Crippen molar-refractivity contribution in [3.8, 4) is 0 Å². The fourth-order valence-electron chi connectivity index (χ4n) is 7.96. The molecular formula is C53H101NO5. The minimum absolute atomic E-state index is 0.0130. The van der Waals surface area contributed by atoms with Crippen molar-refractivity contribution in [1.29, 1.82) is 0 Å². The molecule has 2 unspecified atom stereocenters. The van der Waals surface area contributed by atoms with E-state index in [1.54, 1.807) is 0 Å². The van der Waals surface area contributed by atoms with Crippen molar-refractivity contribution in [3.63, 3.8) is 0 Å². The van der Waals surface area contributed by atoms with Gasteiger partial charge >= 0.3 is 5.97 Å². The Balaban J connectivity index is 3.43. The highest BCUT2D eigenvalue weighted by molar-refractivity contribution is 5.76. The number of hydrogen-bond acceptors (Lipinski definition) is 5. The van der Waals surface area contributed by atoms with Gasteiger partial charge in [-0.05, 0) is 57.8 Å². The van der Waals surface area contributed by atoms with Gasteiger partial charge in [-0.1, -0.05) is 231 Å². The Labute approximate surface area is 367 Å². The standard InChI is InChI=1S/C53H101NO5/c1-3-5-7-9-11-13-15-16-17-18-19-20-23-27-31-35-39-43-47-53(58)59-48-44-40-36-32-28-24-21-22-26-30-34-38-42-46-52(57)54-50(49-55)51(56)45-41-37-33-29-25-14-12-10-8-6-4-2/h13,15,17-18,50-51,55-56H,3-12,14,16,19-49H2,1-2H3,(H,54,57)/b15-13-,18-17-. The van der Waals surface area contributed by atoms with E-state index < -0.39 is 12.1 Å². The summed E-state index contributed by atoms with van der Waals surface area (Å²) < 4.78 is 5.47. The molecule has 3 N–H and O–H groups in total. The number of rotatable bonds is 48. The maximum atomic E-state index is 12.4. The predicted molar refractivity (Wildman–Crippen MR) is 255 cm³/mol. The average Bonchev–Trinajstić information content (AvgIpc) is 3.24. The number of unbranched alkanes of at least 4 members (excludes halogenated alkanes) is 33. The Morgan fingerprint density at radius 3 is 1.31 bits per heavy atom. The molecule has 59 heavy (non-hydrogen) atoms. The number of aliphatic hydroxyl groups excluding tert-OH is 2. The van der Waals surface area contributed by atoms with Gasteiger partial charge in [0.15, 0.2) is 0 Å². The van der Waals surface area contributed by atoms with Crippen molar-refractivity contribution in [3.05, 3.63) is 24.3 Å². The molecule has 0 aliphatic carbocycles. The van der Waals surface area contributed by atoms with Crippen LogP contribution in [0.2, 0.25) is 0 Å². The molecule has 0 bridgehead atoms. The summed E-state index contributed by atoms with van der Waals surface area (Å²) in [4.78, 5) is 24.5. The number of carbonyl (C=O) groups excluding carboxylic acids is 2. The van der Waals surface area contributed by atoms with Gasteiger partial charge in [0.2, 0.25) is 5.91 Å². The molecule has 0 heterocycles. The zero-order valence-electron chi connectivity index (χ0n) is 39.5. The average molecular weight is 832 g/mol. The maximum absolute atomic E-state index is 12.4. The molecule has 0 aromatic carbocycles. The van der Waals surface area contributed by atoms with E-state index in [-0.39, 0.29) is 18.5 Å². The first-order valence-electron chi connectivity index (χ1n) is 26.1. The smallest absolute Gasteiger partial charge is 0.305 e. The minimum atomic E-state index is -0.671. The third-order valence-corrected chi connectivity index (χ3v) is 12.0. The summed E-state index contributed by atoms with van der Waals surface area (Å²) in [7, 11) is 0. The highest BCUT2D eigenvalue weighted by atomic mass is 16.5. The van der Waals surface area contributed by atoms with Crippen LogP contribution < -0.4 is 5.32 Å². The lowest BCUT2D eigenvalue weighted by atomic mass is 10.0. The van der Waals surface area contributed by atoms with Crippen LogP contribution in [-0.2, 0) is 14.3 Å². The topological polar surface area (TPSA) is 95.9 Å². The van der Waals surface area contributed by atoms with E-state index >= 15 is 0 Å². The van der Waals surface area contributed by atoms with Crippen LogP contribution in [0.4, 0.5) is 0 Å². The fourth-order valence-corrected chi connectivity index (χ4v) is 7.96. The van der Waals surface area contributed by atoms with E-state index in [0.29, 0.717) is 25.9 Å². The van der Waals surface area contributed by atoms with Crippen LogP contribution in [0.15, 0.2) is 24.3 Å². The van der Waals surface area contributed by atoms with Crippen molar-refractivity contribution >= 4 is 11.9 Å².